The average Bonchev–Trinajstić information content (AvgIpc) is 2.68. The fraction of sp³-hybridized carbons (Fsp3) is 0.263. The van der Waals surface area contributed by atoms with Crippen molar-refractivity contribution in [3.63, 3.8) is 0 Å². The molecule has 0 aliphatic carbocycles. The molecule has 0 aromatic heterocycles. The average molecular weight is 408 g/mol. The molecule has 28 heavy (non-hydrogen) atoms. The predicted molar refractivity (Wildman–Crippen MR) is 102 cm³/mol. The second-order valence-electron chi connectivity index (χ2n) is 6.02. The molecule has 150 valence electrons. The monoisotopic (exact) mass is 408 g/mol. The van der Waals surface area contributed by atoms with Gasteiger partial charge in [-0.1, -0.05) is 18.2 Å². The van der Waals surface area contributed by atoms with Crippen molar-refractivity contribution in [3.8, 4) is 0 Å². The zero-order valence-corrected chi connectivity index (χ0v) is 16.3. The van der Waals surface area contributed by atoms with Crippen LogP contribution in [0.2, 0.25) is 0 Å². The van der Waals surface area contributed by atoms with Gasteiger partial charge in [0.05, 0.1) is 4.90 Å². The van der Waals surface area contributed by atoms with Crippen molar-refractivity contribution < 1.29 is 27.1 Å². The van der Waals surface area contributed by atoms with Crippen molar-refractivity contribution in [3.05, 3.63) is 59.4 Å². The van der Waals surface area contributed by atoms with Gasteiger partial charge in [-0.25, -0.2) is 17.5 Å². The minimum absolute atomic E-state index is 0.0323. The zero-order chi connectivity index (χ0) is 20.7. The molecule has 0 aliphatic heterocycles. The van der Waals surface area contributed by atoms with E-state index in [0.717, 1.165) is 5.56 Å². The number of carbonyl (C=O) groups is 2. The number of benzene rings is 2. The fourth-order valence-corrected chi connectivity index (χ4v) is 3.02. The molecule has 0 radical (unpaired) electrons. The minimum atomic E-state index is -3.50. The van der Waals surface area contributed by atoms with Crippen LogP contribution in [0.1, 0.15) is 17.5 Å². The molecule has 0 saturated carbocycles. The number of hydrogen-bond acceptors (Lipinski definition) is 5. The first-order chi connectivity index (χ1) is 13.2. The van der Waals surface area contributed by atoms with Gasteiger partial charge in [-0.3, -0.25) is 9.59 Å². The number of ether oxygens (including phenoxy) is 1. The Morgan fingerprint density at radius 2 is 1.79 bits per heavy atom. The number of halogens is 1. The van der Waals surface area contributed by atoms with Gasteiger partial charge in [-0.05, 0) is 55.8 Å². The standard InChI is InChI=1S/C19H21FN2O5S/c1-13-3-7-15(11-17(13)20)22-18(23)12-27-19(24)10-6-14-4-8-16(9-5-14)28(25,26)21-2/h3-5,7-9,11,21H,6,10,12H2,1-2H3,(H,22,23). The fourth-order valence-electron chi connectivity index (χ4n) is 2.29. The third-order valence-corrected chi connectivity index (χ3v) is 5.37. The Bertz CT molecular complexity index is 959. The molecule has 2 aromatic carbocycles. The van der Waals surface area contributed by atoms with Crippen LogP contribution in [0.5, 0.6) is 0 Å². The van der Waals surface area contributed by atoms with Crippen molar-refractivity contribution in [2.45, 2.75) is 24.7 Å². The summed E-state index contributed by atoms with van der Waals surface area (Å²) in [5, 5.41) is 2.45. The van der Waals surface area contributed by atoms with E-state index < -0.39 is 34.3 Å². The predicted octanol–water partition coefficient (Wildman–Crippen LogP) is 2.16. The van der Waals surface area contributed by atoms with E-state index in [1.54, 1.807) is 25.1 Å². The number of esters is 1. The minimum Gasteiger partial charge on any atom is -0.456 e. The normalized spacial score (nSPS) is 11.1. The Kier molecular flexibility index (Phi) is 7.24. The molecular formula is C19H21FN2O5S. The number of aryl methyl sites for hydroxylation is 2. The van der Waals surface area contributed by atoms with Crippen LogP contribution in [-0.2, 0) is 30.8 Å². The van der Waals surface area contributed by atoms with Crippen molar-refractivity contribution in [2.75, 3.05) is 19.0 Å². The summed E-state index contributed by atoms with van der Waals surface area (Å²) in [5.74, 6) is -1.58. The van der Waals surface area contributed by atoms with Gasteiger partial charge in [0.1, 0.15) is 5.82 Å². The maximum Gasteiger partial charge on any atom is 0.306 e. The number of anilines is 1. The molecule has 0 saturated heterocycles. The third-order valence-electron chi connectivity index (χ3n) is 3.94. The molecule has 0 bridgehead atoms. The van der Waals surface area contributed by atoms with Crippen LogP contribution >= 0.6 is 0 Å². The van der Waals surface area contributed by atoms with Gasteiger partial charge < -0.3 is 10.1 Å². The Labute approximate surface area is 163 Å². The quantitative estimate of drug-likeness (QED) is 0.652. The van der Waals surface area contributed by atoms with E-state index >= 15 is 0 Å². The van der Waals surface area contributed by atoms with Gasteiger partial charge in [0.2, 0.25) is 10.0 Å². The van der Waals surface area contributed by atoms with E-state index in [9.17, 15) is 22.4 Å². The summed E-state index contributed by atoms with van der Waals surface area (Å²) in [6.45, 7) is 1.13. The topological polar surface area (TPSA) is 102 Å². The van der Waals surface area contributed by atoms with Crippen molar-refractivity contribution >= 4 is 27.6 Å². The second-order valence-corrected chi connectivity index (χ2v) is 7.91. The van der Waals surface area contributed by atoms with Gasteiger partial charge in [-0.2, -0.15) is 0 Å². The van der Waals surface area contributed by atoms with E-state index in [2.05, 4.69) is 10.0 Å². The third kappa shape index (κ3) is 6.14. The van der Waals surface area contributed by atoms with Gasteiger partial charge in [0.15, 0.2) is 6.61 Å². The summed E-state index contributed by atoms with van der Waals surface area (Å²) in [7, 11) is -2.18. The maximum atomic E-state index is 13.4. The van der Waals surface area contributed by atoms with E-state index in [1.165, 1.54) is 31.3 Å². The highest BCUT2D eigenvalue weighted by molar-refractivity contribution is 7.89. The molecule has 2 aromatic rings. The van der Waals surface area contributed by atoms with Crippen LogP contribution in [-0.4, -0.2) is 33.9 Å². The molecule has 9 heteroatoms. The number of hydrogen-bond donors (Lipinski definition) is 2. The Morgan fingerprint density at radius 1 is 1.11 bits per heavy atom. The number of carbonyl (C=O) groups excluding carboxylic acids is 2. The van der Waals surface area contributed by atoms with E-state index in [1.807, 2.05) is 0 Å². The molecule has 1 amide bonds. The van der Waals surface area contributed by atoms with Crippen LogP contribution in [0.15, 0.2) is 47.4 Å². The highest BCUT2D eigenvalue weighted by Crippen LogP contribution is 2.14. The van der Waals surface area contributed by atoms with Crippen molar-refractivity contribution in [1.29, 1.82) is 0 Å². The summed E-state index contributed by atoms with van der Waals surface area (Å²) in [6, 6.07) is 10.4. The Balaban J connectivity index is 1.77. The van der Waals surface area contributed by atoms with Crippen LogP contribution in [0.25, 0.3) is 0 Å². The molecule has 2 rings (SSSR count). The summed E-state index contributed by atoms with van der Waals surface area (Å²) >= 11 is 0. The molecule has 7 nitrogen and oxygen atoms in total. The zero-order valence-electron chi connectivity index (χ0n) is 15.5. The largest absolute Gasteiger partial charge is 0.456 e. The highest BCUT2D eigenvalue weighted by atomic mass is 32.2. The SMILES string of the molecule is CNS(=O)(=O)c1ccc(CCC(=O)OCC(=O)Nc2ccc(C)c(F)c2)cc1. The van der Waals surface area contributed by atoms with Crippen LogP contribution < -0.4 is 10.0 Å². The van der Waals surface area contributed by atoms with Crippen LogP contribution in [0.3, 0.4) is 0 Å². The van der Waals surface area contributed by atoms with Crippen LogP contribution in [0, 0.1) is 12.7 Å². The first-order valence-corrected chi connectivity index (χ1v) is 9.93. The van der Waals surface area contributed by atoms with Gasteiger partial charge in [0.25, 0.3) is 5.91 Å². The number of amides is 1. The van der Waals surface area contributed by atoms with E-state index in [4.69, 9.17) is 4.74 Å². The Morgan fingerprint density at radius 3 is 2.39 bits per heavy atom. The van der Waals surface area contributed by atoms with E-state index in [0.29, 0.717) is 12.0 Å². The lowest BCUT2D eigenvalue weighted by atomic mass is 10.1. The number of nitrogens with one attached hydrogen (secondary N) is 2. The van der Waals surface area contributed by atoms with Crippen molar-refractivity contribution in [2.24, 2.45) is 0 Å². The second kappa shape index (κ2) is 9.43. The van der Waals surface area contributed by atoms with Gasteiger partial charge in [0, 0.05) is 12.1 Å². The molecule has 0 spiro atoms. The van der Waals surface area contributed by atoms with Crippen LogP contribution in [0.4, 0.5) is 10.1 Å². The van der Waals surface area contributed by atoms with Crippen molar-refractivity contribution in [1.82, 2.24) is 4.72 Å². The lowest BCUT2D eigenvalue weighted by molar-refractivity contribution is -0.147. The van der Waals surface area contributed by atoms with E-state index in [-0.39, 0.29) is 17.0 Å². The number of sulfonamides is 1. The molecule has 0 aliphatic rings. The number of rotatable bonds is 8. The summed E-state index contributed by atoms with van der Waals surface area (Å²) in [5.41, 5.74) is 1.49. The highest BCUT2D eigenvalue weighted by Gasteiger charge is 2.12. The first kappa shape index (κ1) is 21.5. The lowest BCUT2D eigenvalue weighted by Gasteiger charge is -2.08. The first-order valence-electron chi connectivity index (χ1n) is 8.45. The summed E-state index contributed by atoms with van der Waals surface area (Å²) < 4.78 is 43.9. The summed E-state index contributed by atoms with van der Waals surface area (Å²) in [4.78, 5) is 23.7. The molecule has 0 unspecified atom stereocenters. The Hall–Kier alpha value is -2.78. The van der Waals surface area contributed by atoms with Gasteiger partial charge >= 0.3 is 5.97 Å². The molecule has 2 N–H and O–H groups in total. The smallest absolute Gasteiger partial charge is 0.306 e. The molecular weight excluding hydrogens is 387 g/mol. The molecule has 0 atom stereocenters. The lowest BCUT2D eigenvalue weighted by Crippen LogP contribution is -2.21. The maximum absolute atomic E-state index is 13.4. The summed E-state index contributed by atoms with van der Waals surface area (Å²) in [6.07, 6.45) is 0.369. The molecule has 0 fully saturated rings. The molecule has 0 heterocycles. The van der Waals surface area contributed by atoms with Gasteiger partial charge in [-0.15, -0.1) is 0 Å².